The fraction of sp³-hybridized carbons (Fsp3) is 0.0625. The molecule has 3 nitrogen and oxygen atoms in total. The van der Waals surface area contributed by atoms with E-state index in [1.165, 1.54) is 12.5 Å². The van der Waals surface area contributed by atoms with Gasteiger partial charge in [0, 0.05) is 49.0 Å². The summed E-state index contributed by atoms with van der Waals surface area (Å²) >= 11 is 0. The Morgan fingerprint density at radius 1 is 1.00 bits per heavy atom. The van der Waals surface area contributed by atoms with Gasteiger partial charge in [-0.2, -0.15) is 0 Å². The summed E-state index contributed by atoms with van der Waals surface area (Å²) in [7, 11) is 1.38. The number of hydrogen-bond acceptors (Lipinski definition) is 2. The molecule has 1 N–H and O–H groups in total. The van der Waals surface area contributed by atoms with Gasteiger partial charge in [-0.05, 0) is 22.9 Å². The summed E-state index contributed by atoms with van der Waals surface area (Å²) in [4.78, 5) is 14.6. The van der Waals surface area contributed by atoms with Gasteiger partial charge >= 0.3 is 5.97 Å². The number of ether oxygens (including phenoxy) is 1. The Morgan fingerprint density at radius 3 is 2.55 bits per heavy atom. The van der Waals surface area contributed by atoms with E-state index in [1.54, 1.807) is 6.07 Å². The summed E-state index contributed by atoms with van der Waals surface area (Å²) in [6.07, 6.45) is 0. The summed E-state index contributed by atoms with van der Waals surface area (Å²) in [5.41, 5.74) is 2.45. The first-order valence-corrected chi connectivity index (χ1v) is 6.05. The summed E-state index contributed by atoms with van der Waals surface area (Å²) in [5.74, 6) is -0.355. The summed E-state index contributed by atoms with van der Waals surface area (Å²) < 4.78 is 4.70. The van der Waals surface area contributed by atoms with Gasteiger partial charge in [-0.15, -0.1) is 0 Å². The van der Waals surface area contributed by atoms with Gasteiger partial charge in [0.2, 0.25) is 0 Å². The number of methoxy groups -OCH3 is 1. The minimum atomic E-state index is -0.355. The standard InChI is InChI=1S/C16H13NO2.Ar/c1-19-16(18)15-10-9-14(17-15)13-8-4-6-11-5-2-3-7-12(11)13;/h2-10,17H,1H3;. The summed E-state index contributed by atoms with van der Waals surface area (Å²) in [6.45, 7) is 0. The molecule has 0 spiro atoms. The number of nitrogens with one attached hydrogen (secondary N) is 1. The smallest absolute Gasteiger partial charge is 0.354 e. The van der Waals surface area contributed by atoms with Crippen LogP contribution in [0.15, 0.2) is 54.6 Å². The molecule has 0 saturated carbocycles. The van der Waals surface area contributed by atoms with E-state index in [2.05, 4.69) is 23.2 Å². The van der Waals surface area contributed by atoms with Gasteiger partial charge in [0.1, 0.15) is 5.69 Å². The van der Waals surface area contributed by atoms with Crippen molar-refractivity contribution in [1.29, 1.82) is 0 Å². The van der Waals surface area contributed by atoms with Crippen LogP contribution in [0.3, 0.4) is 0 Å². The van der Waals surface area contributed by atoms with Crippen LogP contribution < -0.4 is 0 Å². The Kier molecular flexibility index (Phi) is 4.86. The van der Waals surface area contributed by atoms with Gasteiger partial charge in [-0.25, -0.2) is 4.79 Å². The summed E-state index contributed by atoms with van der Waals surface area (Å²) in [5, 5.41) is 2.33. The van der Waals surface area contributed by atoms with E-state index in [0.717, 1.165) is 16.6 Å². The zero-order valence-electron chi connectivity index (χ0n) is 10.9. The van der Waals surface area contributed by atoms with E-state index in [4.69, 9.17) is 4.74 Å². The molecule has 2 aromatic carbocycles. The second-order valence-electron chi connectivity index (χ2n) is 4.30. The molecule has 0 fully saturated rings. The molecule has 4 heteroatoms. The van der Waals surface area contributed by atoms with Crippen molar-refractivity contribution < 1.29 is 47.3 Å². The maximum atomic E-state index is 11.5. The van der Waals surface area contributed by atoms with Gasteiger partial charge in [0.05, 0.1) is 7.11 Å². The van der Waals surface area contributed by atoms with E-state index in [0.29, 0.717) is 5.69 Å². The van der Waals surface area contributed by atoms with Crippen LogP contribution in [0.4, 0.5) is 0 Å². The van der Waals surface area contributed by atoms with Crippen LogP contribution in [0.1, 0.15) is 10.5 Å². The zero-order valence-corrected chi connectivity index (χ0v) is 11.6. The van der Waals surface area contributed by atoms with Crippen LogP contribution >= 0.6 is 0 Å². The number of hydrogen-bond donors (Lipinski definition) is 1. The number of aromatic nitrogens is 1. The number of fused-ring (bicyclic) bond motifs is 1. The molecule has 0 unspecified atom stereocenters. The molecule has 3 aromatic rings. The zero-order chi connectivity index (χ0) is 13.2. The van der Waals surface area contributed by atoms with Crippen LogP contribution in [0, 0.1) is 37.7 Å². The van der Waals surface area contributed by atoms with Crippen molar-refractivity contribution in [1.82, 2.24) is 4.98 Å². The number of rotatable bonds is 2. The summed E-state index contributed by atoms with van der Waals surface area (Å²) in [6, 6.07) is 17.9. The van der Waals surface area contributed by atoms with Gasteiger partial charge in [0.25, 0.3) is 0 Å². The predicted octanol–water partition coefficient (Wildman–Crippen LogP) is 3.62. The number of carbonyl (C=O) groups excluding carboxylic acids is 1. The topological polar surface area (TPSA) is 42.1 Å². The Hall–Kier alpha value is -1.29. The van der Waals surface area contributed by atoms with E-state index >= 15 is 0 Å². The molecule has 102 valence electrons. The first kappa shape index (κ1) is 15.1. The molecule has 0 aliphatic rings. The Balaban J connectivity index is 0.00000147. The minimum absolute atomic E-state index is 0. The van der Waals surface area contributed by atoms with Crippen LogP contribution in [0.25, 0.3) is 22.0 Å². The van der Waals surface area contributed by atoms with E-state index in [9.17, 15) is 4.79 Å². The normalized spacial score (nSPS) is 10.1. The number of esters is 1. The molecular formula is C16H13ArNO2. The second kappa shape index (κ2) is 6.44. The fourth-order valence-electron chi connectivity index (χ4n) is 2.24. The van der Waals surface area contributed by atoms with Crippen molar-refractivity contribution in [3.63, 3.8) is 0 Å². The molecule has 0 saturated heterocycles. The molecule has 1 heterocycles. The minimum Gasteiger partial charge on any atom is -0.464 e. The molecule has 0 bridgehead atoms. The Morgan fingerprint density at radius 2 is 1.75 bits per heavy atom. The SMILES string of the molecule is COC(=O)c1ccc(-c2cccc3ccccc23)[nH]1.[Ar]. The first-order valence-electron chi connectivity index (χ1n) is 6.05. The molecule has 0 atom stereocenters. The largest absolute Gasteiger partial charge is 0.464 e. The van der Waals surface area contributed by atoms with Gasteiger partial charge in [-0.1, -0.05) is 42.5 Å². The first-order chi connectivity index (χ1) is 9.29. The van der Waals surface area contributed by atoms with Gasteiger partial charge in [-0.3, -0.25) is 0 Å². The molecule has 0 aliphatic heterocycles. The number of carbonyl (C=O) groups is 1. The van der Waals surface area contributed by atoms with E-state index < -0.39 is 0 Å². The predicted molar refractivity (Wildman–Crippen MR) is 75.1 cm³/mol. The maximum Gasteiger partial charge on any atom is 0.354 e. The quantitative estimate of drug-likeness (QED) is 0.733. The van der Waals surface area contributed by atoms with Crippen molar-refractivity contribution in [3.8, 4) is 11.3 Å². The van der Waals surface area contributed by atoms with Crippen molar-refractivity contribution in [3.05, 3.63) is 60.3 Å². The van der Waals surface area contributed by atoms with E-state index in [1.807, 2.05) is 30.3 Å². The number of benzene rings is 2. The Labute approximate surface area is 147 Å². The van der Waals surface area contributed by atoms with Crippen LogP contribution in [-0.2, 0) is 4.74 Å². The third kappa shape index (κ3) is 2.75. The molecule has 3 rings (SSSR count). The fourth-order valence-corrected chi connectivity index (χ4v) is 2.24. The molecule has 0 aliphatic carbocycles. The van der Waals surface area contributed by atoms with Gasteiger partial charge in [0.15, 0.2) is 0 Å². The van der Waals surface area contributed by atoms with Crippen LogP contribution in [-0.4, -0.2) is 18.1 Å². The van der Waals surface area contributed by atoms with Gasteiger partial charge < -0.3 is 9.72 Å². The average Bonchev–Trinajstić information content (AvgIpc) is 2.95. The monoisotopic (exact) mass is 291 g/mol. The third-order valence-electron chi connectivity index (χ3n) is 3.17. The molecular weight excluding hydrogens is 278 g/mol. The van der Waals surface area contributed by atoms with Crippen molar-refractivity contribution in [2.45, 2.75) is 0 Å². The van der Waals surface area contributed by atoms with Crippen LogP contribution in [0.5, 0.6) is 0 Å². The second-order valence-corrected chi connectivity index (χ2v) is 4.30. The number of aromatic amines is 1. The van der Waals surface area contributed by atoms with Crippen molar-refractivity contribution in [2.24, 2.45) is 0 Å². The maximum absolute atomic E-state index is 11.5. The van der Waals surface area contributed by atoms with E-state index in [-0.39, 0.29) is 43.7 Å². The number of H-pyrrole nitrogens is 1. The molecule has 1 aromatic heterocycles. The Bertz CT molecular complexity index is 744. The third-order valence-corrected chi connectivity index (χ3v) is 3.17. The van der Waals surface area contributed by atoms with Crippen molar-refractivity contribution in [2.75, 3.05) is 7.11 Å². The van der Waals surface area contributed by atoms with Crippen molar-refractivity contribution >= 4 is 16.7 Å². The molecule has 0 amide bonds. The average molecular weight is 291 g/mol. The molecule has 20 heavy (non-hydrogen) atoms. The molecule has 0 radical (unpaired) electrons. The van der Waals surface area contributed by atoms with Crippen LogP contribution in [0.2, 0.25) is 0 Å².